The number of fused-ring (bicyclic) bond motifs is 2. The van der Waals surface area contributed by atoms with E-state index >= 15 is 0 Å². The predicted octanol–water partition coefficient (Wildman–Crippen LogP) is 7.51. The Morgan fingerprint density at radius 3 is 1.55 bits per heavy atom. The Morgan fingerprint density at radius 2 is 1.07 bits per heavy atom. The highest BCUT2D eigenvalue weighted by molar-refractivity contribution is 6.21. The summed E-state index contributed by atoms with van der Waals surface area (Å²) >= 11 is 0. The van der Waals surface area contributed by atoms with Crippen LogP contribution in [0.5, 0.6) is 0 Å². The summed E-state index contributed by atoms with van der Waals surface area (Å²) in [5.41, 5.74) is 6.80. The first-order chi connectivity index (χ1) is 14.3. The molecule has 0 heterocycles. The van der Waals surface area contributed by atoms with Gasteiger partial charge < -0.3 is 0 Å². The fourth-order valence-corrected chi connectivity index (χ4v) is 4.26. The third kappa shape index (κ3) is 2.87. The van der Waals surface area contributed by atoms with E-state index in [2.05, 4.69) is 97.9 Å². The van der Waals surface area contributed by atoms with E-state index in [0.717, 1.165) is 5.56 Å². The number of hydrogen-bond donors (Lipinski definition) is 0. The summed E-state index contributed by atoms with van der Waals surface area (Å²) in [6.07, 6.45) is 0. The first-order valence-electron chi connectivity index (χ1n) is 9.77. The van der Waals surface area contributed by atoms with Gasteiger partial charge in [-0.25, -0.2) is 0 Å². The van der Waals surface area contributed by atoms with E-state index in [0.29, 0.717) is 5.56 Å². The van der Waals surface area contributed by atoms with Gasteiger partial charge in [-0.05, 0) is 62.9 Å². The van der Waals surface area contributed by atoms with Crippen LogP contribution in [0.2, 0.25) is 0 Å². The lowest BCUT2D eigenvalue weighted by molar-refractivity contribution is 1.47. The SMILES string of the molecule is Cc1cccc(-c2c3ccccc3c(-c3ccc(C#N)cc3)c3ccccc23)c1. The second kappa shape index (κ2) is 6.93. The van der Waals surface area contributed by atoms with Gasteiger partial charge in [-0.15, -0.1) is 0 Å². The molecule has 1 nitrogen and oxygen atoms in total. The fraction of sp³-hybridized carbons (Fsp3) is 0.0357. The Kier molecular flexibility index (Phi) is 4.12. The van der Waals surface area contributed by atoms with Gasteiger partial charge in [0.25, 0.3) is 0 Å². The van der Waals surface area contributed by atoms with Crippen LogP contribution in [0, 0.1) is 18.3 Å². The van der Waals surface area contributed by atoms with Crippen LogP contribution in [0.1, 0.15) is 11.1 Å². The lowest BCUT2D eigenvalue weighted by atomic mass is 9.85. The number of nitriles is 1. The summed E-state index contributed by atoms with van der Waals surface area (Å²) in [5, 5.41) is 14.1. The summed E-state index contributed by atoms with van der Waals surface area (Å²) in [6, 6.07) is 36.1. The Hall–Kier alpha value is -3.89. The number of rotatable bonds is 2. The molecule has 5 aromatic rings. The van der Waals surface area contributed by atoms with Crippen molar-refractivity contribution in [3.63, 3.8) is 0 Å². The van der Waals surface area contributed by atoms with Crippen LogP contribution in [0.15, 0.2) is 97.1 Å². The maximum atomic E-state index is 9.18. The standard InChI is InChI=1S/C28H19N/c1-19-7-6-8-22(17-19)28-25-11-4-2-9-23(25)27(24-10-3-5-12-26(24)28)21-15-13-20(18-29)14-16-21/h2-17H,1H3. The molecule has 5 rings (SSSR count). The summed E-state index contributed by atoms with van der Waals surface area (Å²) in [5.74, 6) is 0. The molecule has 136 valence electrons. The maximum absolute atomic E-state index is 9.18. The van der Waals surface area contributed by atoms with Crippen molar-refractivity contribution in [2.45, 2.75) is 6.92 Å². The lowest BCUT2D eigenvalue weighted by Crippen LogP contribution is -1.91. The summed E-state index contributed by atoms with van der Waals surface area (Å²) in [4.78, 5) is 0. The Balaban J connectivity index is 1.95. The molecule has 0 aliphatic carbocycles. The van der Waals surface area contributed by atoms with Gasteiger partial charge in [-0.2, -0.15) is 5.26 Å². The van der Waals surface area contributed by atoms with E-state index in [4.69, 9.17) is 0 Å². The van der Waals surface area contributed by atoms with Gasteiger partial charge in [0.15, 0.2) is 0 Å². The van der Waals surface area contributed by atoms with Crippen LogP contribution in [0.25, 0.3) is 43.8 Å². The Labute approximate surface area is 170 Å². The zero-order chi connectivity index (χ0) is 19.8. The first kappa shape index (κ1) is 17.2. The smallest absolute Gasteiger partial charge is 0.0991 e. The second-order valence-corrected chi connectivity index (χ2v) is 7.40. The third-order valence-corrected chi connectivity index (χ3v) is 5.54. The van der Waals surface area contributed by atoms with Crippen LogP contribution < -0.4 is 0 Å². The summed E-state index contributed by atoms with van der Waals surface area (Å²) < 4.78 is 0. The molecular weight excluding hydrogens is 350 g/mol. The molecule has 0 amide bonds. The highest BCUT2D eigenvalue weighted by atomic mass is 14.2. The average Bonchev–Trinajstić information content (AvgIpc) is 2.77. The topological polar surface area (TPSA) is 23.8 Å². The van der Waals surface area contributed by atoms with E-state index in [9.17, 15) is 5.26 Å². The van der Waals surface area contributed by atoms with Gasteiger partial charge in [-0.3, -0.25) is 0 Å². The molecule has 0 aliphatic heterocycles. The molecule has 0 fully saturated rings. The number of benzene rings is 5. The van der Waals surface area contributed by atoms with Crippen molar-refractivity contribution in [1.82, 2.24) is 0 Å². The normalized spacial score (nSPS) is 10.9. The quantitative estimate of drug-likeness (QED) is 0.295. The first-order valence-corrected chi connectivity index (χ1v) is 9.77. The largest absolute Gasteiger partial charge is 0.192 e. The van der Waals surface area contributed by atoms with Crippen molar-refractivity contribution in [3.05, 3.63) is 108 Å². The van der Waals surface area contributed by atoms with E-state index in [1.807, 2.05) is 12.1 Å². The fourth-order valence-electron chi connectivity index (χ4n) is 4.26. The molecule has 0 aromatic heterocycles. The van der Waals surface area contributed by atoms with Crippen molar-refractivity contribution in [2.24, 2.45) is 0 Å². The minimum atomic E-state index is 0.679. The van der Waals surface area contributed by atoms with Gasteiger partial charge >= 0.3 is 0 Å². The average molecular weight is 369 g/mol. The van der Waals surface area contributed by atoms with Crippen molar-refractivity contribution in [1.29, 1.82) is 5.26 Å². The zero-order valence-corrected chi connectivity index (χ0v) is 16.2. The molecule has 0 unspecified atom stereocenters. The number of hydrogen-bond acceptors (Lipinski definition) is 1. The molecule has 0 bridgehead atoms. The van der Waals surface area contributed by atoms with Crippen LogP contribution in [-0.4, -0.2) is 0 Å². The minimum absolute atomic E-state index is 0.679. The van der Waals surface area contributed by atoms with Crippen LogP contribution in [-0.2, 0) is 0 Å². The van der Waals surface area contributed by atoms with Gasteiger partial charge in [0.05, 0.1) is 11.6 Å². The van der Waals surface area contributed by atoms with Crippen LogP contribution >= 0.6 is 0 Å². The van der Waals surface area contributed by atoms with E-state index in [1.54, 1.807) is 0 Å². The van der Waals surface area contributed by atoms with Crippen molar-refractivity contribution in [2.75, 3.05) is 0 Å². The molecule has 0 aliphatic rings. The number of aryl methyl sites for hydroxylation is 1. The lowest BCUT2D eigenvalue weighted by Gasteiger charge is -2.18. The zero-order valence-electron chi connectivity index (χ0n) is 16.2. The molecule has 0 saturated carbocycles. The Bertz CT molecular complexity index is 1350. The molecule has 1 heteroatoms. The molecule has 0 N–H and O–H groups in total. The second-order valence-electron chi connectivity index (χ2n) is 7.40. The van der Waals surface area contributed by atoms with E-state index in [-0.39, 0.29) is 0 Å². The number of nitrogens with zero attached hydrogens (tertiary/aromatic N) is 1. The highest BCUT2D eigenvalue weighted by Gasteiger charge is 2.16. The van der Waals surface area contributed by atoms with E-state index in [1.165, 1.54) is 43.8 Å². The van der Waals surface area contributed by atoms with Crippen molar-refractivity contribution in [3.8, 4) is 28.3 Å². The Morgan fingerprint density at radius 1 is 0.552 bits per heavy atom. The molecule has 0 spiro atoms. The van der Waals surface area contributed by atoms with E-state index < -0.39 is 0 Å². The molecule has 0 atom stereocenters. The molecule has 0 saturated heterocycles. The summed E-state index contributed by atoms with van der Waals surface area (Å²) in [6.45, 7) is 2.14. The summed E-state index contributed by atoms with van der Waals surface area (Å²) in [7, 11) is 0. The minimum Gasteiger partial charge on any atom is -0.192 e. The maximum Gasteiger partial charge on any atom is 0.0991 e. The molecular formula is C28H19N. The van der Waals surface area contributed by atoms with Crippen LogP contribution in [0.4, 0.5) is 0 Å². The predicted molar refractivity (Wildman–Crippen MR) is 122 cm³/mol. The van der Waals surface area contributed by atoms with Gasteiger partial charge in [-0.1, -0.05) is 90.5 Å². The third-order valence-electron chi connectivity index (χ3n) is 5.54. The highest BCUT2D eigenvalue weighted by Crippen LogP contribution is 2.43. The van der Waals surface area contributed by atoms with Crippen molar-refractivity contribution >= 4 is 21.5 Å². The van der Waals surface area contributed by atoms with Gasteiger partial charge in [0.2, 0.25) is 0 Å². The molecule has 29 heavy (non-hydrogen) atoms. The van der Waals surface area contributed by atoms with Gasteiger partial charge in [0, 0.05) is 0 Å². The van der Waals surface area contributed by atoms with Crippen LogP contribution in [0.3, 0.4) is 0 Å². The molecule has 5 aromatic carbocycles. The molecule has 0 radical (unpaired) electrons. The van der Waals surface area contributed by atoms with Crippen molar-refractivity contribution < 1.29 is 0 Å². The van der Waals surface area contributed by atoms with Gasteiger partial charge in [0.1, 0.15) is 0 Å². The monoisotopic (exact) mass is 369 g/mol.